The molecule has 0 saturated carbocycles. The number of ether oxygens (including phenoxy) is 1. The van der Waals surface area contributed by atoms with E-state index in [0.717, 1.165) is 10.0 Å². The van der Waals surface area contributed by atoms with E-state index in [-0.39, 0.29) is 18.1 Å². The van der Waals surface area contributed by atoms with Crippen molar-refractivity contribution in [2.24, 2.45) is 0 Å². The van der Waals surface area contributed by atoms with Crippen LogP contribution in [0.15, 0.2) is 59.1 Å². The number of hydrogen-bond donors (Lipinski definition) is 1. The quantitative estimate of drug-likeness (QED) is 0.583. The second-order valence-electron chi connectivity index (χ2n) is 5.28. The van der Waals surface area contributed by atoms with Gasteiger partial charge in [-0.25, -0.2) is 4.39 Å². The number of carbonyl (C=O) groups excluding carboxylic acids is 2. The summed E-state index contributed by atoms with van der Waals surface area (Å²) in [6.07, 6.45) is 2.82. The van der Waals surface area contributed by atoms with Crippen LogP contribution in [0.3, 0.4) is 0 Å². The highest BCUT2D eigenvalue weighted by molar-refractivity contribution is 9.10. The molecular formula is C19H17BrFNO3. The van der Waals surface area contributed by atoms with Crippen LogP contribution in [-0.4, -0.2) is 19.0 Å². The van der Waals surface area contributed by atoms with Crippen molar-refractivity contribution in [3.8, 4) is 0 Å². The predicted molar refractivity (Wildman–Crippen MR) is 97.1 cm³/mol. The van der Waals surface area contributed by atoms with Gasteiger partial charge in [-0.1, -0.05) is 40.2 Å². The van der Waals surface area contributed by atoms with Crippen molar-refractivity contribution in [3.05, 3.63) is 76.0 Å². The minimum absolute atomic E-state index is 0.0116. The van der Waals surface area contributed by atoms with Crippen LogP contribution in [0.2, 0.25) is 0 Å². The lowest BCUT2D eigenvalue weighted by atomic mass is 10.0. The molecule has 1 amide bonds. The van der Waals surface area contributed by atoms with Crippen LogP contribution >= 0.6 is 15.9 Å². The first-order valence-electron chi connectivity index (χ1n) is 7.54. The lowest BCUT2D eigenvalue weighted by Gasteiger charge is -2.17. The normalized spacial score (nSPS) is 12.0. The number of esters is 1. The van der Waals surface area contributed by atoms with Crippen LogP contribution in [0.1, 0.15) is 23.6 Å². The zero-order valence-electron chi connectivity index (χ0n) is 13.5. The maximum absolute atomic E-state index is 13.1. The van der Waals surface area contributed by atoms with E-state index in [2.05, 4.69) is 21.2 Å². The highest BCUT2D eigenvalue weighted by Crippen LogP contribution is 2.20. The average molecular weight is 406 g/mol. The maximum atomic E-state index is 13.1. The van der Waals surface area contributed by atoms with Gasteiger partial charge in [-0.05, 0) is 41.5 Å². The molecule has 2 aromatic rings. The predicted octanol–water partition coefficient (Wildman–Crippen LogP) is 4.02. The summed E-state index contributed by atoms with van der Waals surface area (Å²) in [6.45, 7) is 0. The molecule has 0 fully saturated rings. The van der Waals surface area contributed by atoms with Crippen LogP contribution in [0.5, 0.6) is 0 Å². The van der Waals surface area contributed by atoms with Crippen molar-refractivity contribution in [2.75, 3.05) is 7.11 Å². The van der Waals surface area contributed by atoms with Crippen molar-refractivity contribution in [3.63, 3.8) is 0 Å². The fraction of sp³-hybridized carbons (Fsp3) is 0.158. The van der Waals surface area contributed by atoms with Crippen molar-refractivity contribution >= 4 is 33.9 Å². The summed E-state index contributed by atoms with van der Waals surface area (Å²) >= 11 is 3.35. The van der Waals surface area contributed by atoms with Gasteiger partial charge in [-0.15, -0.1) is 0 Å². The third-order valence-corrected chi connectivity index (χ3v) is 3.99. The van der Waals surface area contributed by atoms with E-state index in [9.17, 15) is 14.0 Å². The van der Waals surface area contributed by atoms with Crippen molar-refractivity contribution in [1.29, 1.82) is 0 Å². The Morgan fingerprint density at radius 3 is 2.60 bits per heavy atom. The van der Waals surface area contributed by atoms with Gasteiger partial charge >= 0.3 is 5.97 Å². The molecule has 0 aliphatic rings. The molecular weight excluding hydrogens is 389 g/mol. The van der Waals surface area contributed by atoms with Crippen molar-refractivity contribution in [2.45, 2.75) is 12.5 Å². The highest BCUT2D eigenvalue weighted by atomic mass is 79.9. The molecule has 0 radical (unpaired) electrons. The molecule has 0 heterocycles. The summed E-state index contributed by atoms with van der Waals surface area (Å²) in [5, 5.41) is 2.77. The van der Waals surface area contributed by atoms with Gasteiger partial charge < -0.3 is 10.1 Å². The molecule has 1 unspecified atom stereocenters. The SMILES string of the molecule is COC(=O)CC(NC(=O)/C=C/c1cccc(F)c1)c1ccc(Br)cc1. The Balaban J connectivity index is 2.10. The minimum atomic E-state index is -0.523. The molecule has 2 rings (SSSR count). The monoisotopic (exact) mass is 405 g/mol. The Kier molecular flexibility index (Phi) is 6.89. The first-order valence-corrected chi connectivity index (χ1v) is 8.33. The number of nitrogens with one attached hydrogen (secondary N) is 1. The van der Waals surface area contributed by atoms with Gasteiger partial charge in [0.1, 0.15) is 5.82 Å². The molecule has 0 aromatic heterocycles. The zero-order valence-corrected chi connectivity index (χ0v) is 15.1. The molecule has 0 spiro atoms. The largest absolute Gasteiger partial charge is 0.469 e. The number of amides is 1. The lowest BCUT2D eigenvalue weighted by molar-refractivity contribution is -0.141. The topological polar surface area (TPSA) is 55.4 Å². The average Bonchev–Trinajstić information content (AvgIpc) is 2.60. The Morgan fingerprint density at radius 2 is 1.96 bits per heavy atom. The fourth-order valence-corrected chi connectivity index (χ4v) is 2.46. The summed E-state index contributed by atoms with van der Waals surface area (Å²) < 4.78 is 18.7. The molecule has 0 aliphatic carbocycles. The lowest BCUT2D eigenvalue weighted by Crippen LogP contribution is -2.29. The van der Waals surface area contributed by atoms with Gasteiger partial charge in [-0.2, -0.15) is 0 Å². The van der Waals surface area contributed by atoms with Gasteiger partial charge in [0.05, 0.1) is 19.6 Å². The van der Waals surface area contributed by atoms with E-state index in [1.807, 2.05) is 24.3 Å². The van der Waals surface area contributed by atoms with Gasteiger partial charge in [-0.3, -0.25) is 9.59 Å². The van der Waals surface area contributed by atoms with Gasteiger partial charge in [0.15, 0.2) is 0 Å². The van der Waals surface area contributed by atoms with E-state index < -0.39 is 12.0 Å². The summed E-state index contributed by atoms with van der Waals surface area (Å²) in [5.74, 6) is -1.19. The Bertz CT molecular complexity index is 774. The van der Waals surface area contributed by atoms with E-state index in [1.54, 1.807) is 12.1 Å². The van der Waals surface area contributed by atoms with Crippen LogP contribution < -0.4 is 5.32 Å². The molecule has 1 atom stereocenters. The Morgan fingerprint density at radius 1 is 1.24 bits per heavy atom. The first-order chi connectivity index (χ1) is 12.0. The number of rotatable bonds is 6. The van der Waals surface area contributed by atoms with E-state index >= 15 is 0 Å². The Labute approximate surface area is 153 Å². The third-order valence-electron chi connectivity index (χ3n) is 3.46. The molecule has 0 aliphatic heterocycles. The summed E-state index contributed by atoms with van der Waals surface area (Å²) in [5.41, 5.74) is 1.35. The van der Waals surface area contributed by atoms with Crippen molar-refractivity contribution in [1.82, 2.24) is 5.32 Å². The van der Waals surface area contributed by atoms with Crippen LogP contribution in [0.4, 0.5) is 4.39 Å². The third kappa shape index (κ3) is 6.15. The zero-order chi connectivity index (χ0) is 18.2. The number of benzene rings is 2. The number of carbonyl (C=O) groups is 2. The molecule has 130 valence electrons. The van der Waals surface area contributed by atoms with E-state index in [0.29, 0.717) is 5.56 Å². The number of methoxy groups -OCH3 is 1. The summed E-state index contributed by atoms with van der Waals surface area (Å²) in [4.78, 5) is 23.8. The highest BCUT2D eigenvalue weighted by Gasteiger charge is 2.18. The molecule has 1 N–H and O–H groups in total. The smallest absolute Gasteiger partial charge is 0.307 e. The number of hydrogen-bond acceptors (Lipinski definition) is 3. The number of halogens is 2. The summed E-state index contributed by atoms with van der Waals surface area (Å²) in [6, 6.07) is 12.7. The molecule has 0 bridgehead atoms. The van der Waals surface area contributed by atoms with Gasteiger partial charge in [0.25, 0.3) is 0 Å². The molecule has 4 nitrogen and oxygen atoms in total. The molecule has 2 aromatic carbocycles. The van der Waals surface area contributed by atoms with Crippen LogP contribution in [0.25, 0.3) is 6.08 Å². The van der Waals surface area contributed by atoms with E-state index in [4.69, 9.17) is 4.74 Å². The standard InChI is InChI=1S/C19H17BrFNO3/c1-25-19(24)12-17(14-6-8-15(20)9-7-14)22-18(23)10-5-13-3-2-4-16(21)11-13/h2-11,17H,12H2,1H3,(H,22,23)/b10-5+. The summed E-state index contributed by atoms with van der Waals surface area (Å²) in [7, 11) is 1.30. The second kappa shape index (κ2) is 9.13. The first kappa shape index (κ1) is 18.9. The second-order valence-corrected chi connectivity index (χ2v) is 6.20. The molecule has 6 heteroatoms. The fourth-order valence-electron chi connectivity index (χ4n) is 2.20. The van der Waals surface area contributed by atoms with Crippen LogP contribution in [0, 0.1) is 5.82 Å². The Hall–Kier alpha value is -2.47. The van der Waals surface area contributed by atoms with Crippen molar-refractivity contribution < 1.29 is 18.7 Å². The van der Waals surface area contributed by atoms with Gasteiger partial charge in [0, 0.05) is 10.5 Å². The van der Waals surface area contributed by atoms with Crippen LogP contribution in [-0.2, 0) is 14.3 Å². The van der Waals surface area contributed by atoms with Gasteiger partial charge in [0.2, 0.25) is 5.91 Å². The molecule has 0 saturated heterocycles. The maximum Gasteiger partial charge on any atom is 0.307 e. The van der Waals surface area contributed by atoms with E-state index in [1.165, 1.54) is 31.4 Å². The minimum Gasteiger partial charge on any atom is -0.469 e. The molecule has 25 heavy (non-hydrogen) atoms.